The van der Waals surface area contributed by atoms with Crippen molar-refractivity contribution in [2.24, 2.45) is 5.84 Å². The second-order valence-electron chi connectivity index (χ2n) is 5.37. The second kappa shape index (κ2) is 6.53. The van der Waals surface area contributed by atoms with Crippen LogP contribution in [0.2, 0.25) is 0 Å². The molecule has 7 heteroatoms. The third kappa shape index (κ3) is 2.80. The van der Waals surface area contributed by atoms with E-state index >= 15 is 0 Å². The normalized spacial score (nSPS) is 22.9. The number of likely N-dealkylation sites (N-methyl/N-ethyl adjacent to an activating group) is 2. The quantitative estimate of drug-likeness (QED) is 0.569. The summed E-state index contributed by atoms with van der Waals surface area (Å²) in [6.07, 6.45) is 1.76. The van der Waals surface area contributed by atoms with Gasteiger partial charge in [0.05, 0.1) is 19.3 Å². The van der Waals surface area contributed by atoms with Gasteiger partial charge in [0.2, 0.25) is 0 Å². The van der Waals surface area contributed by atoms with Crippen LogP contribution in [0.5, 0.6) is 5.75 Å². The number of piperazine rings is 1. The van der Waals surface area contributed by atoms with Gasteiger partial charge in [0.15, 0.2) is 5.75 Å². The summed E-state index contributed by atoms with van der Waals surface area (Å²) in [4.78, 5) is 4.67. The van der Waals surface area contributed by atoms with Gasteiger partial charge in [0.1, 0.15) is 5.69 Å². The molecule has 0 spiro atoms. The van der Waals surface area contributed by atoms with Crippen molar-refractivity contribution in [1.82, 2.24) is 25.0 Å². The third-order valence-electron chi connectivity index (χ3n) is 4.12. The van der Waals surface area contributed by atoms with Gasteiger partial charge in [-0.25, -0.2) is 5.43 Å². The van der Waals surface area contributed by atoms with Gasteiger partial charge in [-0.1, -0.05) is 0 Å². The van der Waals surface area contributed by atoms with Gasteiger partial charge in [-0.05, 0) is 21.0 Å². The monoisotopic (exact) mass is 282 g/mol. The number of nitrogens with zero attached hydrogens (tertiary/aromatic N) is 4. The Morgan fingerprint density at radius 1 is 1.50 bits per heavy atom. The molecule has 2 heterocycles. The Morgan fingerprint density at radius 3 is 2.85 bits per heavy atom. The number of methoxy groups -OCH3 is 1. The number of rotatable bonds is 5. The van der Waals surface area contributed by atoms with Gasteiger partial charge in [-0.3, -0.25) is 15.4 Å². The Kier molecular flexibility index (Phi) is 4.98. The van der Waals surface area contributed by atoms with E-state index < -0.39 is 0 Å². The van der Waals surface area contributed by atoms with Crippen molar-refractivity contribution in [1.29, 1.82) is 0 Å². The maximum absolute atomic E-state index is 5.86. The fraction of sp³-hybridized carbons (Fsp3) is 0.769. The zero-order valence-corrected chi connectivity index (χ0v) is 12.8. The summed E-state index contributed by atoms with van der Waals surface area (Å²) in [7, 11) is 5.95. The van der Waals surface area contributed by atoms with Crippen LogP contribution in [0.4, 0.5) is 0 Å². The second-order valence-corrected chi connectivity index (χ2v) is 5.37. The zero-order chi connectivity index (χ0) is 14.7. The van der Waals surface area contributed by atoms with E-state index in [4.69, 9.17) is 10.6 Å². The molecule has 114 valence electrons. The highest BCUT2D eigenvalue weighted by atomic mass is 16.5. The standard InChI is InChI=1S/C13H26N6O/c1-5-19-13(11(20-4)8-15-19)12(16-14)10-9-17(2)6-7-18(10)3/h8,10,12,16H,5-7,9,14H2,1-4H3. The van der Waals surface area contributed by atoms with E-state index in [1.54, 1.807) is 13.3 Å². The number of nitrogens with one attached hydrogen (secondary N) is 1. The molecule has 1 saturated heterocycles. The molecular formula is C13H26N6O. The molecule has 1 aliphatic rings. The highest BCUT2D eigenvalue weighted by Gasteiger charge is 2.34. The van der Waals surface area contributed by atoms with Crippen molar-refractivity contribution < 1.29 is 4.74 Å². The SMILES string of the molecule is CCn1ncc(OC)c1C(NN)C1CN(C)CCN1C. The number of hydrogen-bond donors (Lipinski definition) is 2. The number of hydrogen-bond acceptors (Lipinski definition) is 6. The predicted molar refractivity (Wildman–Crippen MR) is 78.4 cm³/mol. The van der Waals surface area contributed by atoms with Gasteiger partial charge in [0.25, 0.3) is 0 Å². The highest BCUT2D eigenvalue weighted by molar-refractivity contribution is 5.29. The Bertz CT molecular complexity index is 413. The molecule has 20 heavy (non-hydrogen) atoms. The average molecular weight is 282 g/mol. The van der Waals surface area contributed by atoms with Crippen LogP contribution in [0, 0.1) is 0 Å². The number of aromatic nitrogens is 2. The third-order valence-corrected chi connectivity index (χ3v) is 4.12. The largest absolute Gasteiger partial charge is 0.493 e. The summed E-state index contributed by atoms with van der Waals surface area (Å²) >= 11 is 0. The van der Waals surface area contributed by atoms with Gasteiger partial charge >= 0.3 is 0 Å². The molecule has 7 nitrogen and oxygen atoms in total. The lowest BCUT2D eigenvalue weighted by Crippen LogP contribution is -2.56. The number of hydrazine groups is 1. The molecule has 0 radical (unpaired) electrons. The molecule has 1 aromatic heterocycles. The Balaban J connectivity index is 2.33. The molecule has 2 unspecified atom stereocenters. The first-order valence-electron chi connectivity index (χ1n) is 7.07. The van der Waals surface area contributed by atoms with Crippen LogP contribution < -0.4 is 16.0 Å². The molecule has 1 aromatic rings. The Hall–Kier alpha value is -1.15. The first kappa shape index (κ1) is 15.2. The number of nitrogens with two attached hydrogens (primary N) is 1. The molecule has 2 atom stereocenters. The van der Waals surface area contributed by atoms with E-state index in [1.807, 2.05) is 4.68 Å². The average Bonchev–Trinajstić information content (AvgIpc) is 2.86. The van der Waals surface area contributed by atoms with Crippen LogP contribution >= 0.6 is 0 Å². The lowest BCUT2D eigenvalue weighted by atomic mass is 10.0. The fourth-order valence-corrected chi connectivity index (χ4v) is 2.88. The summed E-state index contributed by atoms with van der Waals surface area (Å²) in [6.45, 7) is 5.93. The summed E-state index contributed by atoms with van der Waals surface area (Å²) in [6, 6.07) is 0.273. The first-order chi connectivity index (χ1) is 9.62. The molecule has 1 aliphatic heterocycles. The van der Waals surface area contributed by atoms with Crippen LogP contribution in [0.25, 0.3) is 0 Å². The maximum atomic E-state index is 5.86. The molecule has 0 amide bonds. The molecule has 2 rings (SSSR count). The Morgan fingerprint density at radius 2 is 2.25 bits per heavy atom. The molecular weight excluding hydrogens is 256 g/mol. The van der Waals surface area contributed by atoms with Crippen molar-refractivity contribution in [2.75, 3.05) is 40.8 Å². The van der Waals surface area contributed by atoms with Gasteiger partial charge in [0, 0.05) is 32.2 Å². The van der Waals surface area contributed by atoms with Crippen LogP contribution in [0.3, 0.4) is 0 Å². The van der Waals surface area contributed by atoms with Gasteiger partial charge in [-0.2, -0.15) is 5.10 Å². The van der Waals surface area contributed by atoms with Crippen molar-refractivity contribution in [3.8, 4) is 5.75 Å². The predicted octanol–water partition coefficient (Wildman–Crippen LogP) is -0.338. The maximum Gasteiger partial charge on any atom is 0.161 e. The molecule has 1 fully saturated rings. The summed E-state index contributed by atoms with van der Waals surface area (Å²) in [5, 5.41) is 4.38. The lowest BCUT2D eigenvalue weighted by Gasteiger charge is -2.41. The van der Waals surface area contributed by atoms with Crippen LogP contribution in [0.1, 0.15) is 18.7 Å². The molecule has 0 aromatic carbocycles. The van der Waals surface area contributed by atoms with E-state index in [0.29, 0.717) is 0 Å². The molecule has 0 saturated carbocycles. The van der Waals surface area contributed by atoms with E-state index in [-0.39, 0.29) is 12.1 Å². The minimum Gasteiger partial charge on any atom is -0.493 e. The number of ether oxygens (including phenoxy) is 1. The van der Waals surface area contributed by atoms with Crippen LogP contribution in [0.15, 0.2) is 6.20 Å². The zero-order valence-electron chi connectivity index (χ0n) is 12.8. The van der Waals surface area contributed by atoms with Crippen molar-refractivity contribution in [3.05, 3.63) is 11.9 Å². The van der Waals surface area contributed by atoms with Gasteiger partial charge < -0.3 is 9.64 Å². The smallest absolute Gasteiger partial charge is 0.161 e. The van der Waals surface area contributed by atoms with E-state index in [2.05, 4.69) is 41.3 Å². The van der Waals surface area contributed by atoms with Crippen molar-refractivity contribution in [2.45, 2.75) is 25.6 Å². The van der Waals surface area contributed by atoms with Gasteiger partial charge in [-0.15, -0.1) is 0 Å². The van der Waals surface area contributed by atoms with E-state index in [1.165, 1.54) is 0 Å². The van der Waals surface area contributed by atoms with Crippen LogP contribution in [-0.4, -0.2) is 66.5 Å². The summed E-state index contributed by atoms with van der Waals surface area (Å²) < 4.78 is 7.40. The summed E-state index contributed by atoms with van der Waals surface area (Å²) in [5.41, 5.74) is 3.98. The molecule has 0 bridgehead atoms. The molecule has 3 N–H and O–H groups in total. The van der Waals surface area contributed by atoms with E-state index in [9.17, 15) is 0 Å². The lowest BCUT2D eigenvalue weighted by molar-refractivity contribution is 0.0845. The minimum absolute atomic E-state index is 0.0138. The van der Waals surface area contributed by atoms with Crippen molar-refractivity contribution in [3.63, 3.8) is 0 Å². The summed E-state index contributed by atoms with van der Waals surface area (Å²) in [5.74, 6) is 6.65. The van der Waals surface area contributed by atoms with Crippen molar-refractivity contribution >= 4 is 0 Å². The molecule has 0 aliphatic carbocycles. The topological polar surface area (TPSA) is 71.6 Å². The fourth-order valence-electron chi connectivity index (χ4n) is 2.88. The van der Waals surface area contributed by atoms with Crippen LogP contribution in [-0.2, 0) is 6.54 Å². The minimum atomic E-state index is -0.0138. The number of aryl methyl sites for hydroxylation is 1. The first-order valence-corrected chi connectivity index (χ1v) is 7.07. The highest BCUT2D eigenvalue weighted by Crippen LogP contribution is 2.29. The van der Waals surface area contributed by atoms with E-state index in [0.717, 1.165) is 37.6 Å². The Labute approximate surface area is 120 Å².